The molecule has 0 aromatic heterocycles. The third-order valence-electron chi connectivity index (χ3n) is 2.96. The molecule has 3 N–H and O–H groups in total. The molecule has 0 saturated carbocycles. The van der Waals surface area contributed by atoms with Gasteiger partial charge in [0.15, 0.2) is 0 Å². The fraction of sp³-hybridized carbons (Fsp3) is 0.467. The van der Waals surface area contributed by atoms with E-state index in [0.717, 1.165) is 5.56 Å². The molecule has 1 aromatic rings. The van der Waals surface area contributed by atoms with Gasteiger partial charge in [-0.1, -0.05) is 44.2 Å². The molecule has 1 amide bonds. The van der Waals surface area contributed by atoms with Crippen LogP contribution >= 0.6 is 0 Å². The summed E-state index contributed by atoms with van der Waals surface area (Å²) >= 11 is 0. The molecular weight excluding hydrogens is 274 g/mol. The molecule has 6 nitrogen and oxygen atoms in total. The minimum Gasteiger partial charge on any atom is -0.478 e. The highest BCUT2D eigenvalue weighted by molar-refractivity contribution is 5.82. The molecule has 0 aliphatic rings. The summed E-state index contributed by atoms with van der Waals surface area (Å²) in [5.74, 6) is -1.29. The third-order valence-corrected chi connectivity index (χ3v) is 2.96. The SMILES string of the molecule is CC(C)CCC(O)(NC(=O)OCc1ccccc1)C(=O)O. The maximum Gasteiger partial charge on any atom is 0.410 e. The smallest absolute Gasteiger partial charge is 0.410 e. The van der Waals surface area contributed by atoms with E-state index >= 15 is 0 Å². The lowest BCUT2D eigenvalue weighted by molar-refractivity contribution is -0.162. The molecule has 0 saturated heterocycles. The number of carboxylic acids is 1. The first kappa shape index (κ1) is 17.0. The van der Waals surface area contributed by atoms with Crippen molar-refractivity contribution in [3.63, 3.8) is 0 Å². The molecule has 116 valence electrons. The van der Waals surface area contributed by atoms with Crippen LogP contribution in [-0.4, -0.2) is 28.0 Å². The topological polar surface area (TPSA) is 95.9 Å². The van der Waals surface area contributed by atoms with Crippen LogP contribution in [-0.2, 0) is 16.1 Å². The highest BCUT2D eigenvalue weighted by Crippen LogP contribution is 2.15. The number of hydrogen-bond donors (Lipinski definition) is 3. The molecule has 1 aromatic carbocycles. The highest BCUT2D eigenvalue weighted by Gasteiger charge is 2.38. The molecule has 0 heterocycles. The second kappa shape index (κ2) is 7.64. The Balaban J connectivity index is 2.54. The molecule has 0 spiro atoms. The number of alkyl carbamates (subject to hydrolysis) is 1. The first-order valence-corrected chi connectivity index (χ1v) is 6.78. The van der Waals surface area contributed by atoms with Crippen molar-refractivity contribution in [2.24, 2.45) is 5.92 Å². The van der Waals surface area contributed by atoms with Crippen molar-refractivity contribution in [1.82, 2.24) is 5.32 Å². The predicted octanol–water partition coefficient (Wildman–Crippen LogP) is 2.12. The lowest BCUT2D eigenvalue weighted by atomic mass is 10.0. The van der Waals surface area contributed by atoms with Gasteiger partial charge in [-0.15, -0.1) is 0 Å². The number of benzene rings is 1. The molecule has 6 heteroatoms. The number of ether oxygens (including phenoxy) is 1. The monoisotopic (exact) mass is 295 g/mol. The summed E-state index contributed by atoms with van der Waals surface area (Å²) in [6, 6.07) is 8.98. The Morgan fingerprint density at radius 3 is 2.43 bits per heavy atom. The normalized spacial score (nSPS) is 13.5. The zero-order valence-corrected chi connectivity index (χ0v) is 12.2. The van der Waals surface area contributed by atoms with Gasteiger partial charge in [0.05, 0.1) is 0 Å². The van der Waals surface area contributed by atoms with E-state index in [1.807, 2.05) is 25.2 Å². The standard InChI is InChI=1S/C15H21NO5/c1-11(2)8-9-15(20,13(17)18)16-14(19)21-10-12-6-4-3-5-7-12/h3-7,11,20H,8-10H2,1-2H3,(H,16,19)(H,17,18). The first-order chi connectivity index (χ1) is 9.83. The van der Waals surface area contributed by atoms with Crippen molar-refractivity contribution in [2.75, 3.05) is 0 Å². The van der Waals surface area contributed by atoms with Gasteiger partial charge in [-0.05, 0) is 17.9 Å². The van der Waals surface area contributed by atoms with Gasteiger partial charge >= 0.3 is 12.1 Å². The van der Waals surface area contributed by atoms with Gasteiger partial charge in [0.2, 0.25) is 5.72 Å². The van der Waals surface area contributed by atoms with Gasteiger partial charge in [0.25, 0.3) is 0 Å². The Labute approximate surface area is 123 Å². The number of hydrogen-bond acceptors (Lipinski definition) is 4. The average molecular weight is 295 g/mol. The Hall–Kier alpha value is -2.08. The molecular formula is C15H21NO5. The van der Waals surface area contributed by atoms with Crippen LogP contribution in [0.5, 0.6) is 0 Å². The maximum atomic E-state index is 11.6. The second-order valence-electron chi connectivity index (χ2n) is 5.28. The van der Waals surface area contributed by atoms with Crippen molar-refractivity contribution in [3.8, 4) is 0 Å². The van der Waals surface area contributed by atoms with Crippen LogP contribution in [0.15, 0.2) is 30.3 Å². The van der Waals surface area contributed by atoms with Crippen LogP contribution in [0, 0.1) is 5.92 Å². The molecule has 0 aliphatic heterocycles. The lowest BCUT2D eigenvalue weighted by Crippen LogP contribution is -2.54. The Bertz CT molecular complexity index is 474. The first-order valence-electron chi connectivity index (χ1n) is 6.78. The van der Waals surface area contributed by atoms with E-state index in [-0.39, 0.29) is 18.9 Å². The van der Waals surface area contributed by atoms with Crippen molar-refractivity contribution in [2.45, 2.75) is 39.0 Å². The van der Waals surface area contributed by atoms with Crippen LogP contribution in [0.4, 0.5) is 4.79 Å². The zero-order valence-electron chi connectivity index (χ0n) is 12.2. The number of aliphatic carboxylic acids is 1. The zero-order chi connectivity index (χ0) is 15.9. The minimum atomic E-state index is -2.31. The van der Waals surface area contributed by atoms with Crippen LogP contribution in [0.1, 0.15) is 32.3 Å². The largest absolute Gasteiger partial charge is 0.478 e. The van der Waals surface area contributed by atoms with Gasteiger partial charge in [-0.3, -0.25) is 5.32 Å². The van der Waals surface area contributed by atoms with Crippen LogP contribution in [0.3, 0.4) is 0 Å². The predicted molar refractivity (Wildman–Crippen MR) is 76.4 cm³/mol. The summed E-state index contributed by atoms with van der Waals surface area (Å²) in [5.41, 5.74) is -1.54. The van der Waals surface area contributed by atoms with E-state index in [1.54, 1.807) is 24.3 Å². The van der Waals surface area contributed by atoms with Gasteiger partial charge < -0.3 is 14.9 Å². The highest BCUT2D eigenvalue weighted by atomic mass is 16.6. The quantitative estimate of drug-likeness (QED) is 0.670. The van der Waals surface area contributed by atoms with Crippen molar-refractivity contribution >= 4 is 12.1 Å². The Morgan fingerprint density at radius 2 is 1.90 bits per heavy atom. The summed E-state index contributed by atoms with van der Waals surface area (Å²) in [7, 11) is 0. The lowest BCUT2D eigenvalue weighted by Gasteiger charge is -2.25. The van der Waals surface area contributed by atoms with Crippen LogP contribution < -0.4 is 5.32 Å². The average Bonchev–Trinajstić information content (AvgIpc) is 2.44. The van der Waals surface area contributed by atoms with E-state index in [1.165, 1.54) is 0 Å². The van der Waals surface area contributed by atoms with Crippen LogP contribution in [0.25, 0.3) is 0 Å². The summed E-state index contributed by atoms with van der Waals surface area (Å²) < 4.78 is 4.91. The molecule has 0 aliphatic carbocycles. The molecule has 1 rings (SSSR count). The third kappa shape index (κ3) is 5.83. The fourth-order valence-corrected chi connectivity index (χ4v) is 1.65. The number of amides is 1. The molecule has 0 radical (unpaired) electrons. The molecule has 0 fully saturated rings. The Kier molecular flexibility index (Phi) is 6.17. The second-order valence-corrected chi connectivity index (χ2v) is 5.28. The number of aliphatic hydroxyl groups is 1. The summed E-state index contributed by atoms with van der Waals surface area (Å²) in [6.07, 6.45) is -0.588. The van der Waals surface area contributed by atoms with Crippen LogP contribution in [0.2, 0.25) is 0 Å². The van der Waals surface area contributed by atoms with E-state index < -0.39 is 17.8 Å². The fourth-order valence-electron chi connectivity index (χ4n) is 1.65. The van der Waals surface area contributed by atoms with Gasteiger partial charge in [-0.25, -0.2) is 9.59 Å². The number of carbonyl (C=O) groups is 2. The number of carboxylic acid groups (broad SMARTS) is 1. The molecule has 21 heavy (non-hydrogen) atoms. The van der Waals surface area contributed by atoms with E-state index in [0.29, 0.717) is 6.42 Å². The van der Waals surface area contributed by atoms with Crippen molar-refractivity contribution < 1.29 is 24.5 Å². The van der Waals surface area contributed by atoms with E-state index in [9.17, 15) is 14.7 Å². The summed E-state index contributed by atoms with van der Waals surface area (Å²) in [5, 5.41) is 21.1. The molecule has 1 atom stereocenters. The summed E-state index contributed by atoms with van der Waals surface area (Å²) in [6.45, 7) is 3.80. The maximum absolute atomic E-state index is 11.6. The van der Waals surface area contributed by atoms with Gasteiger partial charge in [-0.2, -0.15) is 0 Å². The Morgan fingerprint density at radius 1 is 1.29 bits per heavy atom. The molecule has 0 bridgehead atoms. The number of nitrogens with one attached hydrogen (secondary N) is 1. The van der Waals surface area contributed by atoms with E-state index in [4.69, 9.17) is 9.84 Å². The minimum absolute atomic E-state index is 0.00650. The van der Waals surface area contributed by atoms with Gasteiger partial charge in [0.1, 0.15) is 6.61 Å². The number of carbonyl (C=O) groups excluding carboxylic acids is 1. The number of rotatable bonds is 7. The molecule has 1 unspecified atom stereocenters. The van der Waals surface area contributed by atoms with E-state index in [2.05, 4.69) is 0 Å². The summed E-state index contributed by atoms with van der Waals surface area (Å²) in [4.78, 5) is 22.7. The van der Waals surface area contributed by atoms with Crippen molar-refractivity contribution in [3.05, 3.63) is 35.9 Å². The van der Waals surface area contributed by atoms with Gasteiger partial charge in [0, 0.05) is 6.42 Å². The van der Waals surface area contributed by atoms with Crippen molar-refractivity contribution in [1.29, 1.82) is 0 Å².